The third-order valence-corrected chi connectivity index (χ3v) is 4.80. The molecule has 0 radical (unpaired) electrons. The fourth-order valence-corrected chi connectivity index (χ4v) is 3.27. The Morgan fingerprint density at radius 3 is 2.68 bits per heavy atom. The van der Waals surface area contributed by atoms with Gasteiger partial charge in [-0.3, -0.25) is 14.2 Å². The highest BCUT2D eigenvalue weighted by Crippen LogP contribution is 2.26. The van der Waals surface area contributed by atoms with Crippen molar-refractivity contribution >= 4 is 35.0 Å². The van der Waals surface area contributed by atoms with Crippen molar-refractivity contribution in [3.63, 3.8) is 0 Å². The van der Waals surface area contributed by atoms with E-state index in [0.717, 1.165) is 5.69 Å². The van der Waals surface area contributed by atoms with Gasteiger partial charge in [-0.2, -0.15) is 0 Å². The Morgan fingerprint density at radius 2 is 1.93 bits per heavy atom. The number of nitrogens with one attached hydrogen (secondary N) is 2. The van der Waals surface area contributed by atoms with Gasteiger partial charge in [-0.25, -0.2) is 4.39 Å². The van der Waals surface area contributed by atoms with Gasteiger partial charge in [0.1, 0.15) is 12.1 Å². The molecule has 0 bridgehead atoms. The van der Waals surface area contributed by atoms with Gasteiger partial charge >= 0.3 is 0 Å². The highest BCUT2D eigenvalue weighted by atomic mass is 32.2. The number of rotatable bonds is 6. The lowest BCUT2D eigenvalue weighted by Crippen LogP contribution is -2.23. The summed E-state index contributed by atoms with van der Waals surface area (Å²) in [7, 11) is 0. The molecular weight excluding hydrogens is 381 g/mol. The summed E-state index contributed by atoms with van der Waals surface area (Å²) in [5.74, 6) is -1.02. The smallest absolute Gasteiger partial charge is 0.237 e. The van der Waals surface area contributed by atoms with Gasteiger partial charge in [-0.15, -0.1) is 10.2 Å². The zero-order chi connectivity index (χ0) is 20.1. The SMILES string of the molecule is CC(=O)Nc1cccc(-n2cnnc2SC(C)C(=O)Nc2ccccc2F)c1. The quantitative estimate of drug-likeness (QED) is 0.620. The summed E-state index contributed by atoms with van der Waals surface area (Å²) >= 11 is 1.19. The van der Waals surface area contributed by atoms with E-state index >= 15 is 0 Å². The van der Waals surface area contributed by atoms with Crippen LogP contribution < -0.4 is 10.6 Å². The number of benzene rings is 2. The van der Waals surface area contributed by atoms with Crippen LogP contribution in [0.25, 0.3) is 5.69 Å². The Bertz CT molecular complexity index is 1010. The highest BCUT2D eigenvalue weighted by Gasteiger charge is 2.19. The van der Waals surface area contributed by atoms with Gasteiger partial charge in [0.05, 0.1) is 16.6 Å². The molecule has 9 heteroatoms. The second-order valence-electron chi connectivity index (χ2n) is 5.94. The molecule has 1 atom stereocenters. The van der Waals surface area contributed by atoms with Crippen LogP contribution in [0.15, 0.2) is 60.0 Å². The molecule has 0 aliphatic carbocycles. The highest BCUT2D eigenvalue weighted by molar-refractivity contribution is 8.00. The number of carbonyl (C=O) groups is 2. The first-order chi connectivity index (χ1) is 13.4. The second-order valence-corrected chi connectivity index (χ2v) is 7.25. The lowest BCUT2D eigenvalue weighted by atomic mass is 10.2. The van der Waals surface area contributed by atoms with Crippen LogP contribution in [0.3, 0.4) is 0 Å². The number of thioether (sulfide) groups is 1. The normalized spacial score (nSPS) is 11.7. The minimum atomic E-state index is -0.541. The third-order valence-electron chi connectivity index (χ3n) is 3.74. The minimum Gasteiger partial charge on any atom is -0.326 e. The van der Waals surface area contributed by atoms with Crippen molar-refractivity contribution in [3.8, 4) is 5.69 Å². The lowest BCUT2D eigenvalue weighted by molar-refractivity contribution is -0.115. The average Bonchev–Trinajstić information content (AvgIpc) is 3.11. The van der Waals surface area contributed by atoms with Crippen LogP contribution in [0.1, 0.15) is 13.8 Å². The Labute approximate surface area is 165 Å². The summed E-state index contributed by atoms with van der Waals surface area (Å²) < 4.78 is 15.4. The molecule has 2 N–H and O–H groups in total. The molecule has 2 aromatic carbocycles. The van der Waals surface area contributed by atoms with Crippen LogP contribution in [0.4, 0.5) is 15.8 Å². The van der Waals surface area contributed by atoms with E-state index in [9.17, 15) is 14.0 Å². The third kappa shape index (κ3) is 4.74. The Balaban J connectivity index is 1.74. The van der Waals surface area contributed by atoms with Crippen LogP contribution in [0, 0.1) is 5.82 Å². The van der Waals surface area contributed by atoms with E-state index in [1.54, 1.807) is 41.8 Å². The van der Waals surface area contributed by atoms with Crippen molar-refractivity contribution in [2.75, 3.05) is 10.6 Å². The Kier molecular flexibility index (Phi) is 6.05. The van der Waals surface area contributed by atoms with Crippen LogP contribution in [-0.4, -0.2) is 31.8 Å². The maximum absolute atomic E-state index is 13.7. The van der Waals surface area contributed by atoms with Gasteiger partial charge in [0.25, 0.3) is 0 Å². The maximum Gasteiger partial charge on any atom is 0.237 e. The van der Waals surface area contributed by atoms with Gasteiger partial charge in [-0.1, -0.05) is 30.0 Å². The molecule has 0 saturated carbocycles. The van der Waals surface area contributed by atoms with Crippen LogP contribution >= 0.6 is 11.8 Å². The van der Waals surface area contributed by atoms with E-state index in [2.05, 4.69) is 20.8 Å². The molecule has 28 heavy (non-hydrogen) atoms. The number of hydrogen-bond donors (Lipinski definition) is 2. The second kappa shape index (κ2) is 8.66. The molecule has 0 fully saturated rings. The number of aromatic nitrogens is 3. The fraction of sp³-hybridized carbons (Fsp3) is 0.158. The Morgan fingerprint density at radius 1 is 1.14 bits per heavy atom. The number of carbonyl (C=O) groups excluding carboxylic acids is 2. The van der Waals surface area contributed by atoms with Crippen molar-refractivity contribution in [1.82, 2.24) is 14.8 Å². The van der Waals surface area contributed by atoms with Crippen molar-refractivity contribution in [1.29, 1.82) is 0 Å². The topological polar surface area (TPSA) is 88.9 Å². The van der Waals surface area contributed by atoms with Crippen molar-refractivity contribution < 1.29 is 14.0 Å². The average molecular weight is 399 g/mol. The molecule has 1 heterocycles. The fourth-order valence-electron chi connectivity index (χ4n) is 2.43. The summed E-state index contributed by atoms with van der Waals surface area (Å²) in [5.41, 5.74) is 1.50. The largest absolute Gasteiger partial charge is 0.326 e. The zero-order valence-electron chi connectivity index (χ0n) is 15.2. The molecule has 2 amide bonds. The minimum absolute atomic E-state index is 0.129. The zero-order valence-corrected chi connectivity index (χ0v) is 16.0. The van der Waals surface area contributed by atoms with Crippen LogP contribution in [0.2, 0.25) is 0 Å². The summed E-state index contributed by atoms with van der Waals surface area (Å²) in [6.45, 7) is 3.14. The standard InChI is InChI=1S/C19H18FN5O2S/c1-12(18(27)23-17-9-4-3-8-16(17)20)28-19-24-21-11-25(19)15-7-5-6-14(10-15)22-13(2)26/h3-12H,1-2H3,(H,22,26)(H,23,27). The van der Waals surface area contributed by atoms with Gasteiger partial charge in [0, 0.05) is 12.6 Å². The van der Waals surface area contributed by atoms with E-state index in [1.165, 1.54) is 37.1 Å². The summed E-state index contributed by atoms with van der Waals surface area (Å²) in [5, 5.41) is 13.2. The molecule has 1 aromatic heterocycles. The van der Waals surface area contributed by atoms with Gasteiger partial charge < -0.3 is 10.6 Å². The molecule has 0 spiro atoms. The van der Waals surface area contributed by atoms with E-state index in [0.29, 0.717) is 10.8 Å². The number of nitrogens with zero attached hydrogens (tertiary/aromatic N) is 3. The first kappa shape index (κ1) is 19.6. The van der Waals surface area contributed by atoms with Crippen molar-refractivity contribution in [2.45, 2.75) is 24.3 Å². The number of anilines is 2. The number of para-hydroxylation sites is 1. The van der Waals surface area contributed by atoms with Crippen molar-refractivity contribution in [2.24, 2.45) is 0 Å². The van der Waals surface area contributed by atoms with E-state index in [1.807, 2.05) is 6.07 Å². The number of hydrogen-bond acceptors (Lipinski definition) is 5. The molecule has 3 rings (SSSR count). The molecular formula is C19H18FN5O2S. The maximum atomic E-state index is 13.7. The number of amides is 2. The van der Waals surface area contributed by atoms with Crippen LogP contribution in [-0.2, 0) is 9.59 Å². The summed E-state index contributed by atoms with van der Waals surface area (Å²) in [6, 6.07) is 13.2. The van der Waals surface area contributed by atoms with Gasteiger partial charge in [-0.05, 0) is 37.3 Å². The molecule has 0 aliphatic heterocycles. The summed E-state index contributed by atoms with van der Waals surface area (Å²) in [6.07, 6.45) is 1.52. The molecule has 0 aliphatic rings. The lowest BCUT2D eigenvalue weighted by Gasteiger charge is -2.13. The Hall–Kier alpha value is -3.20. The van der Waals surface area contributed by atoms with E-state index in [-0.39, 0.29) is 17.5 Å². The van der Waals surface area contributed by atoms with E-state index < -0.39 is 11.1 Å². The first-order valence-electron chi connectivity index (χ1n) is 8.44. The first-order valence-corrected chi connectivity index (χ1v) is 9.32. The predicted molar refractivity (Wildman–Crippen MR) is 106 cm³/mol. The van der Waals surface area contributed by atoms with Gasteiger partial charge in [0.2, 0.25) is 11.8 Å². The number of halogens is 1. The molecule has 1 unspecified atom stereocenters. The van der Waals surface area contributed by atoms with E-state index in [4.69, 9.17) is 0 Å². The van der Waals surface area contributed by atoms with Crippen molar-refractivity contribution in [3.05, 3.63) is 60.7 Å². The monoisotopic (exact) mass is 399 g/mol. The van der Waals surface area contributed by atoms with Crippen LogP contribution in [0.5, 0.6) is 0 Å². The molecule has 7 nitrogen and oxygen atoms in total. The summed E-state index contributed by atoms with van der Waals surface area (Å²) in [4.78, 5) is 23.7. The molecule has 0 saturated heterocycles. The molecule has 3 aromatic rings. The van der Waals surface area contributed by atoms with Gasteiger partial charge in [0.15, 0.2) is 5.16 Å². The molecule has 144 valence electrons. The predicted octanol–water partition coefficient (Wildman–Crippen LogP) is 3.48.